The van der Waals surface area contributed by atoms with Crippen LogP contribution in [0.15, 0.2) is 61.8 Å². The van der Waals surface area contributed by atoms with Gasteiger partial charge in [0, 0.05) is 12.2 Å². The van der Waals surface area contributed by atoms with Crippen LogP contribution in [0, 0.1) is 0 Å². The molecule has 0 aromatic carbocycles. The van der Waals surface area contributed by atoms with Crippen molar-refractivity contribution in [3.8, 4) is 0 Å². The average molecular weight is 421 g/mol. The van der Waals surface area contributed by atoms with Crippen molar-refractivity contribution in [1.82, 2.24) is 0 Å². The van der Waals surface area contributed by atoms with Gasteiger partial charge in [-0.15, -0.1) is 13.2 Å². The van der Waals surface area contributed by atoms with E-state index in [2.05, 4.69) is 25.3 Å². The molecule has 0 amide bonds. The predicted molar refractivity (Wildman–Crippen MR) is 119 cm³/mol. The molecule has 0 radical (unpaired) electrons. The van der Waals surface area contributed by atoms with Gasteiger partial charge in [-0.1, -0.05) is 36.5 Å². The molecule has 6 nitrogen and oxygen atoms in total. The van der Waals surface area contributed by atoms with Gasteiger partial charge in [0.25, 0.3) is 0 Å². The highest BCUT2D eigenvalue weighted by atomic mass is 16.6. The zero-order valence-corrected chi connectivity index (χ0v) is 18.0. The summed E-state index contributed by atoms with van der Waals surface area (Å²) in [4.78, 5) is 23.0. The Morgan fingerprint density at radius 2 is 1.03 bits per heavy atom. The van der Waals surface area contributed by atoms with E-state index in [4.69, 9.17) is 18.9 Å². The Morgan fingerprint density at radius 3 is 1.43 bits per heavy atom. The summed E-state index contributed by atoms with van der Waals surface area (Å²) < 4.78 is 20.5. The Kier molecular flexibility index (Phi) is 21.0. The fourth-order valence-electron chi connectivity index (χ4n) is 2.07. The van der Waals surface area contributed by atoms with Crippen molar-refractivity contribution < 1.29 is 28.5 Å². The molecule has 0 aliphatic rings. The van der Waals surface area contributed by atoms with Gasteiger partial charge in [-0.25, -0.2) is 9.59 Å². The second-order valence-electron chi connectivity index (χ2n) is 6.20. The highest BCUT2D eigenvalue weighted by Gasteiger charge is 2.01. The SMILES string of the molecule is C=CCCCC=CCOCCOC(=O)/C=C\C(=O)OCCOCC=CCCCC=C. The molecule has 0 atom stereocenters. The maximum Gasteiger partial charge on any atom is 0.331 e. The number of hydrogen-bond acceptors (Lipinski definition) is 6. The average Bonchev–Trinajstić information content (AvgIpc) is 2.75. The molecule has 0 fully saturated rings. The smallest absolute Gasteiger partial charge is 0.331 e. The molecule has 0 aromatic heterocycles. The lowest BCUT2D eigenvalue weighted by Gasteiger charge is -2.03. The molecular formula is C24H36O6. The van der Waals surface area contributed by atoms with Crippen molar-refractivity contribution >= 4 is 11.9 Å². The first-order valence-corrected chi connectivity index (χ1v) is 10.4. The van der Waals surface area contributed by atoms with Gasteiger partial charge in [0.15, 0.2) is 0 Å². The van der Waals surface area contributed by atoms with Crippen molar-refractivity contribution in [3.05, 3.63) is 61.8 Å². The molecule has 0 aliphatic carbocycles. The maximum atomic E-state index is 11.5. The third-order valence-electron chi connectivity index (χ3n) is 3.62. The summed E-state index contributed by atoms with van der Waals surface area (Å²) in [6, 6.07) is 0. The zero-order chi connectivity index (χ0) is 22.1. The van der Waals surface area contributed by atoms with Gasteiger partial charge in [-0.3, -0.25) is 0 Å². The molecule has 6 heteroatoms. The summed E-state index contributed by atoms with van der Waals surface area (Å²) >= 11 is 0. The van der Waals surface area contributed by atoms with Gasteiger partial charge in [0.1, 0.15) is 13.2 Å². The van der Waals surface area contributed by atoms with Crippen LogP contribution in [0.4, 0.5) is 0 Å². The van der Waals surface area contributed by atoms with Gasteiger partial charge >= 0.3 is 11.9 Å². The third kappa shape index (κ3) is 21.9. The molecule has 0 N–H and O–H groups in total. The fraction of sp³-hybridized carbons (Fsp3) is 0.500. The molecule has 0 bridgehead atoms. The van der Waals surface area contributed by atoms with Gasteiger partial charge in [0.05, 0.1) is 26.4 Å². The first kappa shape index (κ1) is 27.6. The number of ether oxygens (including phenoxy) is 4. The van der Waals surface area contributed by atoms with Crippen molar-refractivity contribution in [1.29, 1.82) is 0 Å². The van der Waals surface area contributed by atoms with E-state index in [9.17, 15) is 9.59 Å². The van der Waals surface area contributed by atoms with E-state index in [0.29, 0.717) is 26.4 Å². The highest BCUT2D eigenvalue weighted by Crippen LogP contribution is 1.97. The first-order chi connectivity index (χ1) is 14.7. The topological polar surface area (TPSA) is 71.1 Å². The summed E-state index contributed by atoms with van der Waals surface area (Å²) in [5.41, 5.74) is 0. The summed E-state index contributed by atoms with van der Waals surface area (Å²) in [5.74, 6) is -1.23. The van der Waals surface area contributed by atoms with Crippen LogP contribution in [0.5, 0.6) is 0 Å². The van der Waals surface area contributed by atoms with Gasteiger partial charge in [-0.05, 0) is 38.5 Å². The summed E-state index contributed by atoms with van der Waals surface area (Å²) in [7, 11) is 0. The Hall–Kier alpha value is -2.44. The number of carbonyl (C=O) groups is 2. The van der Waals surface area contributed by atoms with Gasteiger partial charge in [-0.2, -0.15) is 0 Å². The van der Waals surface area contributed by atoms with Gasteiger partial charge < -0.3 is 18.9 Å². The molecule has 0 rings (SSSR count). The van der Waals surface area contributed by atoms with Crippen LogP contribution in [0.3, 0.4) is 0 Å². The van der Waals surface area contributed by atoms with Crippen molar-refractivity contribution in [2.24, 2.45) is 0 Å². The van der Waals surface area contributed by atoms with Crippen LogP contribution in [-0.4, -0.2) is 51.6 Å². The monoisotopic (exact) mass is 420 g/mol. The molecule has 0 saturated carbocycles. The highest BCUT2D eigenvalue weighted by molar-refractivity contribution is 5.91. The van der Waals surface area contributed by atoms with E-state index >= 15 is 0 Å². The van der Waals surface area contributed by atoms with Crippen molar-refractivity contribution in [2.75, 3.05) is 39.6 Å². The largest absolute Gasteiger partial charge is 0.460 e. The Morgan fingerprint density at radius 1 is 0.600 bits per heavy atom. The second kappa shape index (κ2) is 22.8. The maximum absolute atomic E-state index is 11.5. The zero-order valence-electron chi connectivity index (χ0n) is 18.0. The third-order valence-corrected chi connectivity index (χ3v) is 3.62. The lowest BCUT2D eigenvalue weighted by Crippen LogP contribution is -2.11. The Bertz CT molecular complexity index is 500. The van der Waals surface area contributed by atoms with Gasteiger partial charge in [0.2, 0.25) is 0 Å². The number of unbranched alkanes of at least 4 members (excludes halogenated alkanes) is 4. The lowest BCUT2D eigenvalue weighted by molar-refractivity contribution is -0.141. The fourth-order valence-corrected chi connectivity index (χ4v) is 2.07. The number of allylic oxidation sites excluding steroid dienone is 4. The minimum absolute atomic E-state index is 0.122. The van der Waals surface area contributed by atoms with Crippen LogP contribution in [0.25, 0.3) is 0 Å². The van der Waals surface area contributed by atoms with Crippen molar-refractivity contribution in [2.45, 2.75) is 38.5 Å². The molecule has 0 unspecified atom stereocenters. The number of hydrogen-bond donors (Lipinski definition) is 0. The van der Waals surface area contributed by atoms with E-state index in [1.54, 1.807) is 0 Å². The van der Waals surface area contributed by atoms with Crippen LogP contribution < -0.4 is 0 Å². The van der Waals surface area contributed by atoms with Crippen LogP contribution in [0.2, 0.25) is 0 Å². The molecule has 30 heavy (non-hydrogen) atoms. The minimum Gasteiger partial charge on any atom is -0.460 e. The van der Waals surface area contributed by atoms with E-state index in [1.807, 2.05) is 24.3 Å². The minimum atomic E-state index is -0.617. The predicted octanol–water partition coefficient (Wildman–Crippen LogP) is 4.49. The quantitative estimate of drug-likeness (QED) is 0.125. The Balaban J connectivity index is 3.55. The summed E-state index contributed by atoms with van der Waals surface area (Å²) in [6.45, 7) is 9.12. The molecule has 0 aromatic rings. The lowest BCUT2D eigenvalue weighted by atomic mass is 10.2. The first-order valence-electron chi connectivity index (χ1n) is 10.4. The molecule has 0 aliphatic heterocycles. The van der Waals surface area contributed by atoms with Crippen LogP contribution in [0.1, 0.15) is 38.5 Å². The van der Waals surface area contributed by atoms with Crippen molar-refractivity contribution in [3.63, 3.8) is 0 Å². The molecule has 0 heterocycles. The van der Waals surface area contributed by atoms with E-state index in [-0.39, 0.29) is 13.2 Å². The molecule has 168 valence electrons. The second-order valence-corrected chi connectivity index (χ2v) is 6.20. The number of esters is 2. The molecule has 0 spiro atoms. The standard InChI is InChI=1S/C24H36O6/c1-3-5-7-9-11-13-17-27-19-21-29-23(25)15-16-24(26)30-22-20-28-18-14-12-10-8-6-4-2/h3-4,11-16H,1-2,5-10,17-22H2/b13-11?,14-12?,16-15-. The van der Waals surface area contributed by atoms with E-state index in [1.165, 1.54) is 0 Å². The number of rotatable bonds is 20. The molecule has 0 saturated heterocycles. The number of carbonyl (C=O) groups excluding carboxylic acids is 2. The van der Waals surface area contributed by atoms with E-state index < -0.39 is 11.9 Å². The summed E-state index contributed by atoms with van der Waals surface area (Å²) in [5, 5.41) is 0. The van der Waals surface area contributed by atoms with E-state index in [0.717, 1.165) is 50.7 Å². The molecular weight excluding hydrogens is 384 g/mol. The summed E-state index contributed by atoms with van der Waals surface area (Å²) in [6.07, 6.45) is 20.0. The Labute approximate surface area is 180 Å². The normalized spacial score (nSPS) is 11.3. The van der Waals surface area contributed by atoms with Crippen LogP contribution in [-0.2, 0) is 28.5 Å². The van der Waals surface area contributed by atoms with Crippen LogP contribution >= 0.6 is 0 Å².